The van der Waals surface area contributed by atoms with E-state index < -0.39 is 0 Å². The molecule has 0 heterocycles. The Hall–Kier alpha value is -1.16. The minimum absolute atomic E-state index is 0.777. The summed E-state index contributed by atoms with van der Waals surface area (Å²) < 4.78 is 0. The molecular weight excluding hydrogens is 98.1 g/mol. The fraction of sp³-hybridized carbons (Fsp3) is 0.143. The lowest BCUT2D eigenvalue weighted by Gasteiger charge is -1.83. The molecule has 0 atom stereocenters. The van der Waals surface area contributed by atoms with Crippen LogP contribution in [0.5, 0.6) is 0 Å². The van der Waals surface area contributed by atoms with Crippen LogP contribution in [0.2, 0.25) is 0 Å². The number of hydrogen-bond acceptors (Lipinski definition) is 1. The Morgan fingerprint density at radius 2 is 2.50 bits per heavy atom. The topological polar surface area (TPSA) is 26.0 Å². The van der Waals surface area contributed by atoms with Gasteiger partial charge in [0.05, 0.1) is 0 Å². The summed E-state index contributed by atoms with van der Waals surface area (Å²) in [6.07, 6.45) is 6.24. The van der Waals surface area contributed by atoms with Gasteiger partial charge in [-0.2, -0.15) is 0 Å². The maximum Gasteiger partial charge on any atom is 0.0296 e. The van der Waals surface area contributed by atoms with Crippen LogP contribution in [0.1, 0.15) is 6.42 Å². The van der Waals surface area contributed by atoms with Gasteiger partial charge in [-0.25, -0.2) is 0 Å². The van der Waals surface area contributed by atoms with E-state index in [1.165, 1.54) is 0 Å². The van der Waals surface area contributed by atoms with Crippen molar-refractivity contribution in [1.29, 1.82) is 0 Å². The first-order valence-electron chi connectivity index (χ1n) is 2.50. The molecule has 40 valence electrons. The molecule has 1 aliphatic carbocycles. The molecule has 2 N–H and O–H groups in total. The summed E-state index contributed by atoms with van der Waals surface area (Å²) in [7, 11) is 0. The average Bonchev–Trinajstić information content (AvgIpc) is 1.94. The van der Waals surface area contributed by atoms with Crippen LogP contribution in [0.3, 0.4) is 0 Å². The standard InChI is InChI=1S/C7H7N/c8-7-5-3-1-2-4-6-7/h3,5-6H,4,8H2. The summed E-state index contributed by atoms with van der Waals surface area (Å²) in [5, 5.41) is 0. The molecule has 8 heavy (non-hydrogen) atoms. The van der Waals surface area contributed by atoms with Crippen LogP contribution in [-0.2, 0) is 0 Å². The summed E-state index contributed by atoms with van der Waals surface area (Å²) in [5.41, 5.74) is 6.22. The van der Waals surface area contributed by atoms with E-state index in [1.807, 2.05) is 6.08 Å². The molecule has 1 heteroatoms. The van der Waals surface area contributed by atoms with E-state index >= 15 is 0 Å². The Balaban J connectivity index is 2.75. The van der Waals surface area contributed by atoms with Crippen molar-refractivity contribution in [3.63, 3.8) is 0 Å². The molecule has 1 aliphatic rings. The maximum absolute atomic E-state index is 5.43. The van der Waals surface area contributed by atoms with Crippen LogP contribution < -0.4 is 5.73 Å². The van der Waals surface area contributed by atoms with Gasteiger partial charge in [0.2, 0.25) is 0 Å². The summed E-state index contributed by atoms with van der Waals surface area (Å²) >= 11 is 0. The van der Waals surface area contributed by atoms with Crippen LogP contribution in [0.4, 0.5) is 0 Å². The van der Waals surface area contributed by atoms with Crippen LogP contribution in [0, 0.1) is 11.8 Å². The second-order valence-electron chi connectivity index (χ2n) is 1.56. The highest BCUT2D eigenvalue weighted by Crippen LogP contribution is 1.92. The van der Waals surface area contributed by atoms with E-state index in [-0.39, 0.29) is 0 Å². The highest BCUT2D eigenvalue weighted by Gasteiger charge is 1.80. The van der Waals surface area contributed by atoms with Gasteiger partial charge in [-0.1, -0.05) is 11.8 Å². The lowest BCUT2D eigenvalue weighted by atomic mass is 10.3. The van der Waals surface area contributed by atoms with Gasteiger partial charge in [0.1, 0.15) is 0 Å². The molecule has 0 fully saturated rings. The van der Waals surface area contributed by atoms with Crippen molar-refractivity contribution in [3.05, 3.63) is 23.9 Å². The van der Waals surface area contributed by atoms with Gasteiger partial charge >= 0.3 is 0 Å². The zero-order chi connectivity index (χ0) is 5.82. The summed E-state index contributed by atoms with van der Waals surface area (Å²) in [4.78, 5) is 0. The van der Waals surface area contributed by atoms with Crippen LogP contribution >= 0.6 is 0 Å². The van der Waals surface area contributed by atoms with Gasteiger partial charge in [0, 0.05) is 12.1 Å². The normalized spacial score (nSPS) is 15.8. The Morgan fingerprint density at radius 1 is 1.62 bits per heavy atom. The van der Waals surface area contributed by atoms with Gasteiger partial charge in [-0.05, 0) is 18.2 Å². The number of allylic oxidation sites excluding steroid dienone is 3. The van der Waals surface area contributed by atoms with Crippen molar-refractivity contribution in [2.45, 2.75) is 6.42 Å². The van der Waals surface area contributed by atoms with Crippen molar-refractivity contribution in [1.82, 2.24) is 0 Å². The summed E-state index contributed by atoms with van der Waals surface area (Å²) in [5.74, 6) is 5.70. The minimum Gasteiger partial charge on any atom is -0.399 e. The predicted octanol–water partition coefficient (Wildman–Crippen LogP) is 0.792. The third kappa shape index (κ3) is 1.16. The SMILES string of the molecule is NC1=CCC#CC=C1. The summed E-state index contributed by atoms with van der Waals surface area (Å²) in [6, 6.07) is 0. The van der Waals surface area contributed by atoms with Crippen molar-refractivity contribution in [3.8, 4) is 11.8 Å². The van der Waals surface area contributed by atoms with Gasteiger partial charge < -0.3 is 5.73 Å². The van der Waals surface area contributed by atoms with Crippen molar-refractivity contribution < 1.29 is 0 Å². The Kier molecular flexibility index (Phi) is 1.39. The van der Waals surface area contributed by atoms with Gasteiger partial charge in [0.25, 0.3) is 0 Å². The highest BCUT2D eigenvalue weighted by atomic mass is 14.5. The smallest absolute Gasteiger partial charge is 0.0296 e. The third-order valence-electron chi connectivity index (χ3n) is 0.901. The molecule has 0 unspecified atom stereocenters. The van der Waals surface area contributed by atoms with Gasteiger partial charge in [-0.3, -0.25) is 0 Å². The maximum atomic E-state index is 5.43. The molecular formula is C7H7N. The molecule has 0 bridgehead atoms. The van der Waals surface area contributed by atoms with E-state index in [4.69, 9.17) is 5.73 Å². The lowest BCUT2D eigenvalue weighted by molar-refractivity contribution is 1.34. The Morgan fingerprint density at radius 3 is 3.38 bits per heavy atom. The lowest BCUT2D eigenvalue weighted by Crippen LogP contribution is -1.90. The van der Waals surface area contributed by atoms with Crippen LogP contribution in [0.15, 0.2) is 23.9 Å². The Bertz CT molecular complexity index is 188. The minimum atomic E-state index is 0.777. The molecule has 0 aromatic rings. The van der Waals surface area contributed by atoms with E-state index in [0.717, 1.165) is 12.1 Å². The first-order chi connectivity index (χ1) is 3.89. The zero-order valence-electron chi connectivity index (χ0n) is 4.52. The molecule has 1 rings (SSSR count). The molecule has 0 spiro atoms. The average molecular weight is 105 g/mol. The van der Waals surface area contributed by atoms with Gasteiger partial charge in [0.15, 0.2) is 0 Å². The molecule has 0 aromatic carbocycles. The van der Waals surface area contributed by atoms with Gasteiger partial charge in [-0.15, -0.1) is 0 Å². The largest absolute Gasteiger partial charge is 0.399 e. The monoisotopic (exact) mass is 105 g/mol. The molecule has 0 saturated heterocycles. The summed E-state index contributed by atoms with van der Waals surface area (Å²) in [6.45, 7) is 0. The third-order valence-corrected chi connectivity index (χ3v) is 0.901. The first kappa shape index (κ1) is 4.99. The fourth-order valence-corrected chi connectivity index (χ4v) is 0.493. The number of hydrogen-bond donors (Lipinski definition) is 1. The van der Waals surface area contributed by atoms with Crippen molar-refractivity contribution in [2.24, 2.45) is 5.73 Å². The highest BCUT2D eigenvalue weighted by molar-refractivity contribution is 5.29. The predicted molar refractivity (Wildman–Crippen MR) is 33.8 cm³/mol. The molecule has 0 amide bonds. The van der Waals surface area contributed by atoms with E-state index in [1.54, 1.807) is 12.2 Å². The molecule has 0 aliphatic heterocycles. The number of nitrogens with two attached hydrogens (primary N) is 1. The number of rotatable bonds is 0. The van der Waals surface area contributed by atoms with E-state index in [2.05, 4.69) is 11.8 Å². The first-order valence-corrected chi connectivity index (χ1v) is 2.50. The quantitative estimate of drug-likeness (QED) is 0.453. The van der Waals surface area contributed by atoms with E-state index in [0.29, 0.717) is 0 Å². The molecule has 0 aromatic heterocycles. The van der Waals surface area contributed by atoms with E-state index in [9.17, 15) is 0 Å². The second-order valence-corrected chi connectivity index (χ2v) is 1.56. The zero-order valence-corrected chi connectivity index (χ0v) is 4.52. The second kappa shape index (κ2) is 2.23. The van der Waals surface area contributed by atoms with Crippen LogP contribution in [-0.4, -0.2) is 0 Å². The van der Waals surface area contributed by atoms with Crippen molar-refractivity contribution in [2.75, 3.05) is 0 Å². The van der Waals surface area contributed by atoms with Crippen LogP contribution in [0.25, 0.3) is 0 Å². The fourth-order valence-electron chi connectivity index (χ4n) is 0.493. The molecule has 0 radical (unpaired) electrons. The molecule has 1 nitrogen and oxygen atoms in total. The van der Waals surface area contributed by atoms with Crippen molar-refractivity contribution >= 4 is 0 Å². The Labute approximate surface area is 48.9 Å². The molecule has 0 saturated carbocycles.